The van der Waals surface area contributed by atoms with Crippen molar-refractivity contribution in [3.8, 4) is 0 Å². The molecule has 2 unspecified atom stereocenters. The first-order valence-corrected chi connectivity index (χ1v) is 31.9. The van der Waals surface area contributed by atoms with Crippen LogP contribution in [0.3, 0.4) is 0 Å². The van der Waals surface area contributed by atoms with Gasteiger partial charge in [0.1, 0.15) is 0 Å². The predicted molar refractivity (Wildman–Crippen MR) is 280 cm³/mol. The van der Waals surface area contributed by atoms with Gasteiger partial charge in [0.25, 0.3) is 0 Å². The summed E-state index contributed by atoms with van der Waals surface area (Å²) in [6.45, 7) is 9.75. The van der Waals surface area contributed by atoms with E-state index in [0.29, 0.717) is 50.4 Å². The van der Waals surface area contributed by atoms with Crippen LogP contribution in [0.5, 0.6) is 0 Å². The van der Waals surface area contributed by atoms with Crippen molar-refractivity contribution < 1.29 is 38.9 Å². The fourth-order valence-electron chi connectivity index (χ4n) is 6.95. The van der Waals surface area contributed by atoms with Gasteiger partial charge in [-0.05, 0) is 100 Å². The molecule has 0 aromatic carbocycles. The quantitative estimate of drug-likeness (QED) is 0.0202. The number of ether oxygens (including phenoxy) is 2. The van der Waals surface area contributed by atoms with Gasteiger partial charge in [-0.3, -0.25) is 0 Å². The Hall–Kier alpha value is -1.14. The molecule has 8 nitrogen and oxygen atoms in total. The summed E-state index contributed by atoms with van der Waals surface area (Å²) in [5.41, 5.74) is 0. The maximum absolute atomic E-state index is 11.3. The summed E-state index contributed by atoms with van der Waals surface area (Å²) in [7, 11) is 0. The first kappa shape index (κ1) is 68.1. The number of unbranched alkanes of at least 4 members (excludes halogenated alkanes) is 22. The van der Waals surface area contributed by atoms with Crippen LogP contribution in [0.1, 0.15) is 246 Å². The Labute approximate surface area is 422 Å². The molecule has 0 aromatic heterocycles. The number of allylic oxidation sites excluding steroid dienone is 4. The fourth-order valence-corrected chi connectivity index (χ4v) is 10.5. The van der Waals surface area contributed by atoms with Crippen molar-refractivity contribution in [2.75, 3.05) is 24.7 Å². The summed E-state index contributed by atoms with van der Waals surface area (Å²) in [6.07, 6.45) is 47.3. The molecule has 0 saturated carbocycles. The molecule has 0 radical (unpaired) electrons. The molecule has 0 amide bonds. The zero-order valence-corrected chi connectivity index (χ0v) is 47.1. The molecule has 11 heteroatoms. The van der Waals surface area contributed by atoms with E-state index in [-0.39, 0.29) is 23.8 Å². The summed E-state index contributed by atoms with van der Waals surface area (Å²) >= 11 is 7.60. The van der Waals surface area contributed by atoms with Gasteiger partial charge >= 0.3 is 127 Å². The van der Waals surface area contributed by atoms with E-state index in [9.17, 15) is 29.4 Å². The molecular weight excluding hydrogens is 959 g/mol. The van der Waals surface area contributed by atoms with Gasteiger partial charge in [0.15, 0.2) is 0 Å². The van der Waals surface area contributed by atoms with Crippen LogP contribution < -0.4 is 10.2 Å². The molecule has 0 saturated heterocycles. The van der Waals surface area contributed by atoms with Crippen molar-refractivity contribution in [2.45, 2.75) is 255 Å². The average Bonchev–Trinajstić information content (AvgIpc) is 3.28. The molecule has 0 aliphatic rings. The molecule has 0 aliphatic heterocycles. The van der Waals surface area contributed by atoms with E-state index in [1.54, 1.807) is 0 Å². The van der Waals surface area contributed by atoms with E-state index in [1.807, 2.05) is 0 Å². The van der Waals surface area contributed by atoms with Crippen molar-refractivity contribution in [3.63, 3.8) is 0 Å². The van der Waals surface area contributed by atoms with Crippen molar-refractivity contribution in [2.24, 2.45) is 11.8 Å². The second-order valence-corrected chi connectivity index (χ2v) is 22.7. The van der Waals surface area contributed by atoms with Crippen LogP contribution in [0.25, 0.3) is 0 Å². The molecule has 0 heterocycles. The molecule has 0 aromatic rings. The van der Waals surface area contributed by atoms with Crippen LogP contribution in [0.4, 0.5) is 0 Å². The number of rotatable bonds is 46. The second kappa shape index (κ2) is 59.0. The maximum atomic E-state index is 11.3. The second-order valence-electron chi connectivity index (χ2n) is 17.5. The van der Waals surface area contributed by atoms with E-state index < -0.39 is 33.1 Å². The zero-order chi connectivity index (χ0) is 48.7. The summed E-state index contributed by atoms with van der Waals surface area (Å²) in [5.74, 6) is -1.33. The summed E-state index contributed by atoms with van der Waals surface area (Å²) in [4.78, 5) is 44.4. The van der Waals surface area contributed by atoms with E-state index in [4.69, 9.17) is 9.47 Å². The SMILES string of the molecule is CCCCCCCCC=CCCCCCCC(CCS)C(=O)[O-].CCCCCCCCC=CCCCCCCC(CCS)C(=O)[O-].CCCCOC(=O)C[CH2][Sn+2][CH2]CC(=O)OCCCC. The van der Waals surface area contributed by atoms with Gasteiger partial charge in [-0.25, -0.2) is 0 Å². The van der Waals surface area contributed by atoms with E-state index >= 15 is 0 Å². The molecule has 380 valence electrons. The molecule has 0 N–H and O–H groups in total. The third-order valence-electron chi connectivity index (χ3n) is 11.3. The van der Waals surface area contributed by atoms with Crippen LogP contribution in [0, 0.1) is 11.8 Å². The van der Waals surface area contributed by atoms with E-state index in [1.165, 1.54) is 116 Å². The van der Waals surface area contributed by atoms with Crippen molar-refractivity contribution in [1.82, 2.24) is 0 Å². The molecule has 0 bridgehead atoms. The number of aliphatic carboxylic acids is 2. The standard InChI is InChI=1S/2C20H38O2S.2C7H13O2.Sn/c2*1-2-3-4-5-6-7-8-9-10-11-12-13-14-15-16-19(17-18-23)20(21)22;2*1-3-5-6-9-7(8)4-2;/h2*9-10,19,23H,2-8,11-18H2,1H3,(H,21,22);2*2-6H2,1H3;/q;;;;+2/p-2. The normalized spacial score (nSPS) is 11.9. The van der Waals surface area contributed by atoms with Gasteiger partial charge < -0.3 is 19.8 Å². The van der Waals surface area contributed by atoms with Gasteiger partial charge in [-0.15, -0.1) is 0 Å². The third kappa shape index (κ3) is 58.9. The Bertz CT molecular complexity index is 1010. The van der Waals surface area contributed by atoms with Gasteiger partial charge in [0, 0.05) is 11.9 Å². The van der Waals surface area contributed by atoms with Gasteiger partial charge in [0.05, 0.1) is 0 Å². The fraction of sp³-hybridized carbons (Fsp3) is 0.852. The Kier molecular flexibility index (Phi) is 61.8. The van der Waals surface area contributed by atoms with Gasteiger partial charge in [-0.2, -0.15) is 25.3 Å². The summed E-state index contributed by atoms with van der Waals surface area (Å²) in [6, 6.07) is 0. The molecule has 2 atom stereocenters. The monoisotopic (exact) mass is 1060 g/mol. The van der Waals surface area contributed by atoms with E-state index in [2.05, 4.69) is 77.3 Å². The molecule has 65 heavy (non-hydrogen) atoms. The number of hydrogen-bond acceptors (Lipinski definition) is 10. The van der Waals surface area contributed by atoms with Gasteiger partial charge in [-0.1, -0.05) is 141 Å². The van der Waals surface area contributed by atoms with E-state index in [0.717, 1.165) is 85.9 Å². The topological polar surface area (TPSA) is 133 Å². The molecule has 0 aliphatic carbocycles. The molecule has 0 rings (SSSR count). The Morgan fingerprint density at radius 3 is 1.02 bits per heavy atom. The van der Waals surface area contributed by atoms with Crippen LogP contribution in [-0.4, -0.2) is 69.7 Å². The van der Waals surface area contributed by atoms with Crippen molar-refractivity contribution in [3.05, 3.63) is 24.3 Å². The number of hydrogen-bond donors (Lipinski definition) is 2. The summed E-state index contributed by atoms with van der Waals surface area (Å²) in [5, 5.41) is 21.8. The van der Waals surface area contributed by atoms with Crippen LogP contribution in [-0.2, 0) is 28.7 Å². The number of carbonyl (C=O) groups excluding carboxylic acids is 4. The zero-order valence-electron chi connectivity index (χ0n) is 42.4. The predicted octanol–water partition coefficient (Wildman–Crippen LogP) is 13.6. The van der Waals surface area contributed by atoms with Crippen LogP contribution in [0.2, 0.25) is 8.87 Å². The number of carboxylic acid groups (broad SMARTS) is 2. The number of carbonyl (C=O) groups is 4. The molecule has 0 fully saturated rings. The summed E-state index contributed by atoms with van der Waals surface area (Å²) < 4.78 is 12.1. The minimum atomic E-state index is -0.906. The average molecular weight is 1060 g/mol. The third-order valence-corrected chi connectivity index (χ3v) is 15.2. The Morgan fingerprint density at radius 2 is 0.723 bits per heavy atom. The number of carboxylic acids is 2. The minimum absolute atomic E-state index is 0.0835. The van der Waals surface area contributed by atoms with Crippen LogP contribution in [0.15, 0.2) is 24.3 Å². The first-order valence-electron chi connectivity index (χ1n) is 26.6. The van der Waals surface area contributed by atoms with Crippen LogP contribution >= 0.6 is 25.3 Å². The Balaban J connectivity index is -0.000000892. The van der Waals surface area contributed by atoms with Crippen molar-refractivity contribution >= 4 is 70.3 Å². The van der Waals surface area contributed by atoms with Crippen molar-refractivity contribution in [1.29, 1.82) is 0 Å². The van der Waals surface area contributed by atoms with Gasteiger partial charge in [0.2, 0.25) is 0 Å². The first-order chi connectivity index (χ1) is 31.6. The Morgan fingerprint density at radius 1 is 0.431 bits per heavy atom. The molecular formula is C54H100O8S2Sn. The number of thiol groups is 2. The number of esters is 2. The molecule has 0 spiro atoms.